The Bertz CT molecular complexity index is 1040. The molecule has 2 aromatic rings. The number of Topliss-reactive ketones (excluding diaryl/α,β-unsaturated/α-hetero) is 1. The Morgan fingerprint density at radius 3 is 2.28 bits per heavy atom. The minimum Gasteiger partial charge on any atom is -0.507 e. The Morgan fingerprint density at radius 2 is 1.72 bits per heavy atom. The smallest absolute Gasteiger partial charge is 0.295 e. The van der Waals surface area contributed by atoms with Crippen LogP contribution in [0.25, 0.3) is 5.76 Å². The molecule has 7 heteroatoms. The summed E-state index contributed by atoms with van der Waals surface area (Å²) in [6, 6.07) is 12.4. The number of likely N-dealkylation sites (tertiary alicyclic amines) is 1. The predicted molar refractivity (Wildman–Crippen MR) is 126 cm³/mol. The zero-order valence-corrected chi connectivity index (χ0v) is 19.5. The second-order valence-electron chi connectivity index (χ2n) is 8.49. The SMILES string of the molecule is COc1ccc(C)cc1/C(O)=C1\C(=O)C(=O)N(CCN(C)C)C1c1ccc(N(C)C)cc1. The molecule has 2 aromatic carbocycles. The molecule has 0 spiro atoms. The van der Waals surface area contributed by atoms with Crippen molar-refractivity contribution in [3.63, 3.8) is 0 Å². The summed E-state index contributed by atoms with van der Waals surface area (Å²) in [5, 5.41) is 11.3. The van der Waals surface area contributed by atoms with Gasteiger partial charge < -0.3 is 24.5 Å². The van der Waals surface area contributed by atoms with Crippen molar-refractivity contribution in [2.75, 3.05) is 53.3 Å². The Morgan fingerprint density at radius 1 is 1.06 bits per heavy atom. The van der Waals surface area contributed by atoms with Gasteiger partial charge in [0.15, 0.2) is 0 Å². The van der Waals surface area contributed by atoms with Crippen LogP contribution in [0, 0.1) is 6.92 Å². The van der Waals surface area contributed by atoms with Gasteiger partial charge >= 0.3 is 0 Å². The number of nitrogens with zero attached hydrogens (tertiary/aromatic N) is 3. The number of anilines is 1. The van der Waals surface area contributed by atoms with E-state index in [1.54, 1.807) is 17.0 Å². The van der Waals surface area contributed by atoms with Crippen LogP contribution < -0.4 is 9.64 Å². The molecule has 1 heterocycles. The summed E-state index contributed by atoms with van der Waals surface area (Å²) in [6.07, 6.45) is 0. The number of ketones is 1. The zero-order chi connectivity index (χ0) is 23.6. The van der Waals surface area contributed by atoms with Gasteiger partial charge in [0.25, 0.3) is 11.7 Å². The normalized spacial score (nSPS) is 17.8. The first-order chi connectivity index (χ1) is 15.1. The fourth-order valence-electron chi connectivity index (χ4n) is 3.87. The van der Waals surface area contributed by atoms with E-state index in [-0.39, 0.29) is 11.3 Å². The van der Waals surface area contributed by atoms with Crippen LogP contribution in [0.4, 0.5) is 5.69 Å². The lowest BCUT2D eigenvalue weighted by molar-refractivity contribution is -0.140. The van der Waals surface area contributed by atoms with Crippen LogP contribution in [-0.4, -0.2) is 75.0 Å². The van der Waals surface area contributed by atoms with E-state index in [9.17, 15) is 14.7 Å². The van der Waals surface area contributed by atoms with Crippen molar-refractivity contribution in [3.8, 4) is 5.75 Å². The van der Waals surface area contributed by atoms with Crippen LogP contribution in [0.2, 0.25) is 0 Å². The Hall–Kier alpha value is -3.32. The molecule has 1 N–H and O–H groups in total. The highest BCUT2D eigenvalue weighted by atomic mass is 16.5. The number of carbonyl (C=O) groups excluding carboxylic acids is 2. The first-order valence-corrected chi connectivity index (χ1v) is 10.5. The van der Waals surface area contributed by atoms with Gasteiger partial charge in [0.05, 0.1) is 24.3 Å². The minimum atomic E-state index is -0.688. The molecule has 1 unspecified atom stereocenters. The summed E-state index contributed by atoms with van der Waals surface area (Å²) < 4.78 is 5.42. The van der Waals surface area contributed by atoms with Crippen LogP contribution in [0.5, 0.6) is 5.75 Å². The van der Waals surface area contributed by atoms with Crippen molar-refractivity contribution in [1.82, 2.24) is 9.80 Å². The molecule has 1 aliphatic heterocycles. The lowest BCUT2D eigenvalue weighted by atomic mass is 9.94. The number of hydrogen-bond donors (Lipinski definition) is 1. The summed E-state index contributed by atoms with van der Waals surface area (Å²) in [7, 11) is 9.23. The van der Waals surface area contributed by atoms with Gasteiger partial charge in [-0.25, -0.2) is 0 Å². The summed E-state index contributed by atoms with van der Waals surface area (Å²) in [4.78, 5) is 31.6. The molecule has 0 radical (unpaired) electrons. The van der Waals surface area contributed by atoms with Crippen LogP contribution >= 0.6 is 0 Å². The number of aliphatic hydroxyl groups excluding tert-OH is 1. The van der Waals surface area contributed by atoms with E-state index in [1.165, 1.54) is 7.11 Å². The van der Waals surface area contributed by atoms with Crippen LogP contribution in [-0.2, 0) is 9.59 Å². The standard InChI is InChI=1S/C25H31N3O4/c1-16-7-12-20(32-6)19(15-16)23(29)21-22(17-8-10-18(11-9-17)27(4)5)28(14-13-26(2)3)25(31)24(21)30/h7-12,15,22,29H,13-14H2,1-6H3/b23-21+. The molecular weight excluding hydrogens is 406 g/mol. The number of carbonyl (C=O) groups is 2. The van der Waals surface area contributed by atoms with Gasteiger partial charge in [-0.2, -0.15) is 0 Å². The second kappa shape index (κ2) is 9.44. The molecule has 1 fully saturated rings. The number of likely N-dealkylation sites (N-methyl/N-ethyl adjacent to an activating group) is 1. The average molecular weight is 438 g/mol. The number of aliphatic hydroxyl groups is 1. The molecular formula is C25H31N3O4. The van der Waals surface area contributed by atoms with Crippen LogP contribution in [0.3, 0.4) is 0 Å². The van der Waals surface area contributed by atoms with E-state index >= 15 is 0 Å². The lowest BCUT2D eigenvalue weighted by Crippen LogP contribution is -2.35. The highest BCUT2D eigenvalue weighted by Gasteiger charge is 2.46. The number of benzene rings is 2. The summed E-state index contributed by atoms with van der Waals surface area (Å²) in [6.45, 7) is 2.84. The number of ether oxygens (including phenoxy) is 1. The van der Waals surface area contributed by atoms with E-state index in [1.807, 2.05) is 75.2 Å². The maximum absolute atomic E-state index is 13.1. The highest BCUT2D eigenvalue weighted by Crippen LogP contribution is 2.41. The van der Waals surface area contributed by atoms with Gasteiger partial charge in [-0.05, 0) is 50.8 Å². The van der Waals surface area contributed by atoms with Gasteiger partial charge in [-0.3, -0.25) is 9.59 Å². The maximum Gasteiger partial charge on any atom is 0.295 e. The molecule has 0 aliphatic carbocycles. The molecule has 1 aliphatic rings. The Kier molecular flexibility index (Phi) is 6.89. The highest BCUT2D eigenvalue weighted by molar-refractivity contribution is 6.46. The second-order valence-corrected chi connectivity index (χ2v) is 8.49. The number of aryl methyl sites for hydroxylation is 1. The summed E-state index contributed by atoms with van der Waals surface area (Å²) >= 11 is 0. The Labute approximate surface area is 189 Å². The molecule has 1 saturated heterocycles. The maximum atomic E-state index is 13.1. The van der Waals surface area contributed by atoms with E-state index in [2.05, 4.69) is 0 Å². The van der Waals surface area contributed by atoms with Gasteiger partial charge in [0.1, 0.15) is 11.5 Å². The lowest BCUT2D eigenvalue weighted by Gasteiger charge is -2.27. The molecule has 0 aromatic heterocycles. The quantitative estimate of drug-likeness (QED) is 0.408. The first-order valence-electron chi connectivity index (χ1n) is 10.5. The van der Waals surface area contributed by atoms with Crippen molar-refractivity contribution in [2.24, 2.45) is 0 Å². The van der Waals surface area contributed by atoms with Crippen molar-refractivity contribution >= 4 is 23.1 Å². The van der Waals surface area contributed by atoms with Crippen LogP contribution in [0.1, 0.15) is 22.7 Å². The third-order valence-corrected chi connectivity index (χ3v) is 5.66. The molecule has 7 nitrogen and oxygen atoms in total. The summed E-state index contributed by atoms with van der Waals surface area (Å²) in [5.74, 6) is -1.08. The molecule has 32 heavy (non-hydrogen) atoms. The predicted octanol–water partition coefficient (Wildman–Crippen LogP) is 3.05. The van der Waals surface area contributed by atoms with E-state index < -0.39 is 17.7 Å². The first kappa shape index (κ1) is 23.3. The molecule has 0 bridgehead atoms. The van der Waals surface area contributed by atoms with Crippen molar-refractivity contribution in [2.45, 2.75) is 13.0 Å². The number of hydrogen-bond acceptors (Lipinski definition) is 6. The number of amides is 1. The third kappa shape index (κ3) is 4.48. The van der Waals surface area contributed by atoms with Gasteiger partial charge in [-0.1, -0.05) is 23.8 Å². The molecule has 0 saturated carbocycles. The van der Waals surface area contributed by atoms with E-state index in [0.717, 1.165) is 16.8 Å². The third-order valence-electron chi connectivity index (χ3n) is 5.66. The fraction of sp³-hybridized carbons (Fsp3) is 0.360. The molecule has 170 valence electrons. The van der Waals surface area contributed by atoms with Crippen LogP contribution in [0.15, 0.2) is 48.0 Å². The fourth-order valence-corrected chi connectivity index (χ4v) is 3.87. The van der Waals surface area contributed by atoms with Crippen molar-refractivity contribution in [3.05, 3.63) is 64.7 Å². The van der Waals surface area contributed by atoms with E-state index in [4.69, 9.17) is 4.74 Å². The monoisotopic (exact) mass is 437 g/mol. The summed E-state index contributed by atoms with van der Waals surface area (Å²) in [5.41, 5.74) is 3.14. The number of rotatable bonds is 7. The van der Waals surface area contributed by atoms with Gasteiger partial charge in [0, 0.05) is 32.9 Å². The van der Waals surface area contributed by atoms with Gasteiger partial charge in [0.2, 0.25) is 0 Å². The largest absolute Gasteiger partial charge is 0.507 e. The van der Waals surface area contributed by atoms with Crippen molar-refractivity contribution < 1.29 is 19.4 Å². The number of methoxy groups -OCH3 is 1. The zero-order valence-electron chi connectivity index (χ0n) is 19.5. The molecule has 3 rings (SSSR count). The minimum absolute atomic E-state index is 0.0789. The topological polar surface area (TPSA) is 73.3 Å². The van der Waals surface area contributed by atoms with Crippen molar-refractivity contribution in [1.29, 1.82) is 0 Å². The molecule has 1 atom stereocenters. The Balaban J connectivity index is 2.19. The van der Waals surface area contributed by atoms with E-state index in [0.29, 0.717) is 24.4 Å². The molecule has 1 amide bonds. The average Bonchev–Trinajstić information content (AvgIpc) is 3.01. The van der Waals surface area contributed by atoms with Gasteiger partial charge in [-0.15, -0.1) is 0 Å².